The Bertz CT molecular complexity index is 797. The summed E-state index contributed by atoms with van der Waals surface area (Å²) >= 11 is 0. The van der Waals surface area contributed by atoms with Crippen LogP contribution in [0.15, 0.2) is 40.9 Å². The van der Waals surface area contributed by atoms with Crippen LogP contribution in [0.3, 0.4) is 0 Å². The Kier molecular flexibility index (Phi) is 2.88. The summed E-state index contributed by atoms with van der Waals surface area (Å²) < 4.78 is 6.06. The number of para-hydroxylation sites is 1. The SMILES string of the molecule is C/C=C1/C[N+]23CC[C@@H]4C(=Nc5ccccc54)[C@@H]2C[C@@H]1[C@H]3C(=O)OC. The molecule has 4 heterocycles. The van der Waals surface area contributed by atoms with Gasteiger partial charge in [-0.3, -0.25) is 4.99 Å². The van der Waals surface area contributed by atoms with Crippen molar-refractivity contribution in [3.63, 3.8) is 0 Å². The number of hydrogen-bond acceptors (Lipinski definition) is 3. The summed E-state index contributed by atoms with van der Waals surface area (Å²) in [6, 6.07) is 8.90. The van der Waals surface area contributed by atoms with E-state index in [9.17, 15) is 4.79 Å². The lowest BCUT2D eigenvalue weighted by Gasteiger charge is -2.46. The van der Waals surface area contributed by atoms with E-state index in [1.54, 1.807) is 0 Å². The van der Waals surface area contributed by atoms with Gasteiger partial charge >= 0.3 is 5.97 Å². The van der Waals surface area contributed by atoms with Crippen molar-refractivity contribution < 1.29 is 14.0 Å². The maximum absolute atomic E-state index is 12.6. The van der Waals surface area contributed by atoms with Crippen LogP contribution in [-0.4, -0.2) is 48.4 Å². The number of aliphatic imine (C=N–C) groups is 1. The highest BCUT2D eigenvalue weighted by atomic mass is 16.5. The Morgan fingerprint density at radius 2 is 2.21 bits per heavy atom. The van der Waals surface area contributed by atoms with Gasteiger partial charge in [-0.15, -0.1) is 0 Å². The fourth-order valence-electron chi connectivity index (χ4n) is 5.95. The molecule has 1 spiro atoms. The molecule has 0 aliphatic carbocycles. The molecule has 24 heavy (non-hydrogen) atoms. The minimum absolute atomic E-state index is 0.0291. The number of methoxy groups -OCH3 is 1. The maximum Gasteiger partial charge on any atom is 0.365 e. The molecule has 0 radical (unpaired) electrons. The number of ether oxygens (including phenoxy) is 1. The fourth-order valence-corrected chi connectivity index (χ4v) is 5.95. The first-order valence-electron chi connectivity index (χ1n) is 8.96. The summed E-state index contributed by atoms with van der Waals surface area (Å²) in [4.78, 5) is 17.6. The van der Waals surface area contributed by atoms with Crippen molar-refractivity contribution >= 4 is 17.4 Å². The molecular weight excluding hydrogens is 300 g/mol. The molecule has 4 heteroatoms. The van der Waals surface area contributed by atoms with Crippen LogP contribution in [0.5, 0.6) is 0 Å². The molecule has 0 saturated carbocycles. The number of benzene rings is 1. The predicted molar refractivity (Wildman–Crippen MR) is 92.3 cm³/mol. The molecule has 4 aliphatic rings. The van der Waals surface area contributed by atoms with E-state index in [1.165, 1.54) is 24.0 Å². The Morgan fingerprint density at radius 1 is 1.38 bits per heavy atom. The molecular formula is C20H23N2O2+. The van der Waals surface area contributed by atoms with Gasteiger partial charge in [-0.05, 0) is 24.1 Å². The van der Waals surface area contributed by atoms with Crippen molar-refractivity contribution in [2.24, 2.45) is 10.9 Å². The van der Waals surface area contributed by atoms with Gasteiger partial charge in [0.15, 0.2) is 6.04 Å². The minimum Gasteiger partial charge on any atom is -0.465 e. The van der Waals surface area contributed by atoms with Crippen LogP contribution in [-0.2, 0) is 9.53 Å². The summed E-state index contributed by atoms with van der Waals surface area (Å²) in [5.41, 5.74) is 5.29. The van der Waals surface area contributed by atoms with E-state index in [-0.39, 0.29) is 12.0 Å². The number of nitrogens with zero attached hydrogens (tertiary/aromatic N) is 2. The van der Waals surface area contributed by atoms with E-state index >= 15 is 0 Å². The first-order valence-corrected chi connectivity index (χ1v) is 8.96. The second kappa shape index (κ2) is 4.79. The molecule has 2 bridgehead atoms. The van der Waals surface area contributed by atoms with Crippen LogP contribution in [0.4, 0.5) is 5.69 Å². The number of hydrogen-bond donors (Lipinski definition) is 0. The summed E-state index contributed by atoms with van der Waals surface area (Å²) in [5, 5.41) is 0. The van der Waals surface area contributed by atoms with Crippen molar-refractivity contribution in [3.8, 4) is 0 Å². The number of esters is 1. The molecule has 5 rings (SSSR count). The number of carbonyl (C=O) groups excluding carboxylic acids is 1. The van der Waals surface area contributed by atoms with Crippen LogP contribution in [0.1, 0.15) is 31.2 Å². The highest BCUT2D eigenvalue weighted by Gasteiger charge is 2.68. The molecule has 3 saturated heterocycles. The number of carbonyl (C=O) groups is 1. The Morgan fingerprint density at radius 3 is 3.00 bits per heavy atom. The standard InChI is InChI=1S/C20H23N2O2/c1-3-12-11-22-9-8-14-13-6-4-5-7-16(13)21-18(14)17(22)10-15(12)19(22)20(23)24-2/h3-7,14-15,17,19H,8-11H2,1-2H3/q+1/b12-3-/t14-,15-,17-,19-,22?/m0/s1. The first kappa shape index (κ1) is 14.4. The molecule has 1 aromatic rings. The summed E-state index contributed by atoms with van der Waals surface area (Å²) in [6.45, 7) is 4.15. The zero-order valence-corrected chi connectivity index (χ0v) is 14.2. The van der Waals surface area contributed by atoms with Gasteiger partial charge in [0.05, 0.1) is 31.0 Å². The van der Waals surface area contributed by atoms with E-state index in [0.29, 0.717) is 17.9 Å². The third-order valence-corrected chi connectivity index (χ3v) is 6.89. The zero-order valence-electron chi connectivity index (χ0n) is 14.2. The van der Waals surface area contributed by atoms with Gasteiger partial charge in [0.1, 0.15) is 12.6 Å². The van der Waals surface area contributed by atoms with Gasteiger partial charge in [-0.2, -0.15) is 0 Å². The average Bonchev–Trinajstić information content (AvgIpc) is 3.25. The number of rotatable bonds is 1. The summed E-state index contributed by atoms with van der Waals surface area (Å²) in [6.07, 6.45) is 4.35. The van der Waals surface area contributed by atoms with E-state index in [1.807, 2.05) is 0 Å². The van der Waals surface area contributed by atoms with E-state index in [4.69, 9.17) is 9.73 Å². The molecule has 0 amide bonds. The number of allylic oxidation sites excluding steroid dienone is 1. The highest BCUT2D eigenvalue weighted by Crippen LogP contribution is 2.56. The van der Waals surface area contributed by atoms with Crippen LogP contribution in [0, 0.1) is 5.92 Å². The molecule has 4 nitrogen and oxygen atoms in total. The lowest BCUT2D eigenvalue weighted by Crippen LogP contribution is -2.64. The molecule has 1 unspecified atom stereocenters. The molecule has 3 fully saturated rings. The van der Waals surface area contributed by atoms with Gasteiger partial charge < -0.3 is 9.22 Å². The quantitative estimate of drug-likeness (QED) is 0.453. The predicted octanol–water partition coefficient (Wildman–Crippen LogP) is 2.97. The normalized spacial score (nSPS) is 40.1. The van der Waals surface area contributed by atoms with Crippen LogP contribution in [0.25, 0.3) is 0 Å². The third-order valence-electron chi connectivity index (χ3n) is 6.89. The Balaban J connectivity index is 1.60. The fraction of sp³-hybridized carbons (Fsp3) is 0.500. The van der Waals surface area contributed by atoms with Gasteiger partial charge in [0.2, 0.25) is 0 Å². The average molecular weight is 323 g/mol. The van der Waals surface area contributed by atoms with Crippen LogP contribution in [0.2, 0.25) is 0 Å². The smallest absolute Gasteiger partial charge is 0.365 e. The van der Waals surface area contributed by atoms with Crippen molar-refractivity contribution in [2.75, 3.05) is 20.2 Å². The van der Waals surface area contributed by atoms with Gasteiger partial charge in [-0.25, -0.2) is 4.79 Å². The molecule has 1 aromatic carbocycles. The van der Waals surface area contributed by atoms with Crippen LogP contribution >= 0.6 is 0 Å². The van der Waals surface area contributed by atoms with E-state index in [0.717, 1.165) is 36.1 Å². The Hall–Kier alpha value is -1.94. The van der Waals surface area contributed by atoms with Crippen molar-refractivity contribution in [2.45, 2.75) is 37.8 Å². The lowest BCUT2D eigenvalue weighted by molar-refractivity contribution is -0.936. The Labute approximate surface area is 142 Å². The number of fused-ring (bicyclic) bond motifs is 5. The van der Waals surface area contributed by atoms with Crippen LogP contribution < -0.4 is 0 Å². The molecule has 0 N–H and O–H groups in total. The molecule has 124 valence electrons. The monoisotopic (exact) mass is 323 g/mol. The first-order chi connectivity index (χ1) is 11.7. The zero-order chi connectivity index (χ0) is 16.5. The second-order valence-corrected chi connectivity index (χ2v) is 7.61. The van der Waals surface area contributed by atoms with E-state index < -0.39 is 0 Å². The largest absolute Gasteiger partial charge is 0.465 e. The van der Waals surface area contributed by atoms with Gasteiger partial charge in [0, 0.05) is 18.8 Å². The number of piperidine rings is 2. The van der Waals surface area contributed by atoms with Crippen molar-refractivity contribution in [3.05, 3.63) is 41.5 Å². The topological polar surface area (TPSA) is 38.7 Å². The third kappa shape index (κ3) is 1.57. The molecule has 4 aliphatic heterocycles. The molecule has 0 aromatic heterocycles. The lowest BCUT2D eigenvalue weighted by atomic mass is 9.80. The molecule has 5 atom stereocenters. The van der Waals surface area contributed by atoms with Crippen molar-refractivity contribution in [1.29, 1.82) is 0 Å². The number of quaternary nitrogens is 1. The van der Waals surface area contributed by atoms with Gasteiger partial charge in [-0.1, -0.05) is 24.3 Å². The van der Waals surface area contributed by atoms with E-state index in [2.05, 4.69) is 37.3 Å². The summed E-state index contributed by atoms with van der Waals surface area (Å²) in [7, 11) is 1.53. The second-order valence-electron chi connectivity index (χ2n) is 7.61. The maximum atomic E-state index is 12.6. The summed E-state index contributed by atoms with van der Waals surface area (Å²) in [5.74, 6) is 0.758. The minimum atomic E-state index is -0.0334. The van der Waals surface area contributed by atoms with Crippen molar-refractivity contribution in [1.82, 2.24) is 0 Å². The highest BCUT2D eigenvalue weighted by molar-refractivity contribution is 6.02. The van der Waals surface area contributed by atoms with Gasteiger partial charge in [0.25, 0.3) is 0 Å².